The molecule has 0 amide bonds. The Hall–Kier alpha value is -2.06. The van der Waals surface area contributed by atoms with Crippen LogP contribution in [-0.2, 0) is 19.6 Å². The first kappa shape index (κ1) is 13.4. The van der Waals surface area contributed by atoms with Crippen molar-refractivity contribution in [2.45, 2.75) is 4.90 Å². The Kier molecular flexibility index (Phi) is 3.45. The van der Waals surface area contributed by atoms with Crippen LogP contribution in [0, 0.1) is 0 Å². The van der Waals surface area contributed by atoms with Crippen LogP contribution in [0.25, 0.3) is 10.9 Å². The first-order chi connectivity index (χ1) is 8.94. The van der Waals surface area contributed by atoms with Gasteiger partial charge in [-0.15, -0.1) is 0 Å². The molecule has 0 aliphatic rings. The van der Waals surface area contributed by atoms with Gasteiger partial charge in [-0.25, -0.2) is 8.42 Å². The summed E-state index contributed by atoms with van der Waals surface area (Å²) in [5.41, 5.74) is 6.74. The van der Waals surface area contributed by atoms with Crippen LogP contribution in [0.5, 0.6) is 0 Å². The Balaban J connectivity index is 2.38. The van der Waals surface area contributed by atoms with Gasteiger partial charge in [0.2, 0.25) is 10.0 Å². The Bertz CT molecular complexity index is 721. The van der Waals surface area contributed by atoms with Crippen LogP contribution in [0.3, 0.4) is 0 Å². The van der Waals surface area contributed by atoms with Crippen molar-refractivity contribution in [3.8, 4) is 0 Å². The lowest BCUT2D eigenvalue weighted by Gasteiger charge is -2.04. The number of carbonyl (C=O) groups excluding carboxylic acids is 1. The van der Waals surface area contributed by atoms with E-state index in [1.165, 1.54) is 13.3 Å². The first-order valence-corrected chi connectivity index (χ1v) is 6.85. The van der Waals surface area contributed by atoms with Crippen molar-refractivity contribution in [3.05, 3.63) is 24.4 Å². The third kappa shape index (κ3) is 2.69. The van der Waals surface area contributed by atoms with E-state index >= 15 is 0 Å². The number of benzene rings is 1. The molecule has 0 fully saturated rings. The quantitative estimate of drug-likeness (QED) is 0.548. The Morgan fingerprint density at radius 1 is 1.47 bits per heavy atom. The summed E-state index contributed by atoms with van der Waals surface area (Å²) in [5.74, 6) is -0.664. The van der Waals surface area contributed by atoms with Gasteiger partial charge in [0.05, 0.1) is 7.11 Å². The number of esters is 1. The average molecular weight is 283 g/mol. The number of anilines is 1. The molecular weight excluding hydrogens is 270 g/mol. The zero-order valence-corrected chi connectivity index (χ0v) is 11.0. The number of rotatable bonds is 4. The number of nitrogens with one attached hydrogen (secondary N) is 2. The van der Waals surface area contributed by atoms with Gasteiger partial charge in [0.25, 0.3) is 0 Å². The highest BCUT2D eigenvalue weighted by Crippen LogP contribution is 2.24. The first-order valence-electron chi connectivity index (χ1n) is 5.37. The number of ether oxygens (including phenoxy) is 1. The predicted molar refractivity (Wildman–Crippen MR) is 69.9 cm³/mol. The van der Waals surface area contributed by atoms with Gasteiger partial charge in [0.1, 0.15) is 11.4 Å². The second-order valence-corrected chi connectivity index (χ2v) is 5.59. The van der Waals surface area contributed by atoms with E-state index in [0.29, 0.717) is 16.6 Å². The molecule has 7 nitrogen and oxygen atoms in total. The van der Waals surface area contributed by atoms with E-state index in [-0.39, 0.29) is 4.90 Å². The van der Waals surface area contributed by atoms with Crippen LogP contribution in [-0.4, -0.2) is 33.0 Å². The lowest BCUT2D eigenvalue weighted by atomic mass is 10.2. The molecule has 0 saturated heterocycles. The third-order valence-electron chi connectivity index (χ3n) is 2.59. The molecule has 19 heavy (non-hydrogen) atoms. The molecule has 0 aliphatic carbocycles. The van der Waals surface area contributed by atoms with Gasteiger partial charge in [-0.2, -0.15) is 4.72 Å². The van der Waals surface area contributed by atoms with Gasteiger partial charge in [0, 0.05) is 22.8 Å². The van der Waals surface area contributed by atoms with Crippen molar-refractivity contribution in [2.75, 3.05) is 19.4 Å². The van der Waals surface area contributed by atoms with Crippen molar-refractivity contribution in [1.29, 1.82) is 0 Å². The molecule has 0 bridgehead atoms. The summed E-state index contributed by atoms with van der Waals surface area (Å²) in [6, 6.07) is 4.90. The van der Waals surface area contributed by atoms with Crippen molar-refractivity contribution in [3.63, 3.8) is 0 Å². The zero-order chi connectivity index (χ0) is 14.0. The molecule has 1 aromatic carbocycles. The molecular formula is C11H13N3O4S. The number of nitrogens with two attached hydrogens (primary N) is 1. The molecule has 0 aliphatic heterocycles. The number of carbonyl (C=O) groups is 1. The lowest BCUT2D eigenvalue weighted by Crippen LogP contribution is -2.30. The van der Waals surface area contributed by atoms with E-state index < -0.39 is 22.5 Å². The van der Waals surface area contributed by atoms with E-state index in [9.17, 15) is 13.2 Å². The fraction of sp³-hybridized carbons (Fsp3) is 0.182. The maximum absolute atomic E-state index is 12.1. The molecule has 0 unspecified atom stereocenters. The summed E-state index contributed by atoms with van der Waals surface area (Å²) in [5, 5.41) is 0.470. The molecule has 0 saturated carbocycles. The normalized spacial score (nSPS) is 11.6. The minimum absolute atomic E-state index is 0.0405. The molecule has 0 radical (unpaired) electrons. The summed E-state index contributed by atoms with van der Waals surface area (Å²) in [6.07, 6.45) is 1.35. The zero-order valence-electron chi connectivity index (χ0n) is 10.1. The highest BCUT2D eigenvalue weighted by atomic mass is 32.2. The SMILES string of the molecule is COC(=O)CNS(=O)(=O)c1c[nH]c2ccc(N)cc12. The minimum atomic E-state index is -3.80. The Labute approximate surface area is 109 Å². The average Bonchev–Trinajstić information content (AvgIpc) is 2.79. The largest absolute Gasteiger partial charge is 0.468 e. The summed E-state index contributed by atoms with van der Waals surface area (Å²) < 4.78 is 30.7. The van der Waals surface area contributed by atoms with Gasteiger partial charge in [-0.05, 0) is 18.2 Å². The maximum atomic E-state index is 12.1. The highest BCUT2D eigenvalue weighted by Gasteiger charge is 2.20. The monoisotopic (exact) mass is 283 g/mol. The number of fused-ring (bicyclic) bond motifs is 1. The summed E-state index contributed by atoms with van der Waals surface area (Å²) in [4.78, 5) is 13.8. The molecule has 4 N–H and O–H groups in total. The Morgan fingerprint density at radius 3 is 2.89 bits per heavy atom. The number of hydrogen-bond donors (Lipinski definition) is 3. The van der Waals surface area contributed by atoms with Crippen LogP contribution in [0.2, 0.25) is 0 Å². The number of aromatic nitrogens is 1. The molecule has 1 heterocycles. The van der Waals surface area contributed by atoms with Crippen molar-refractivity contribution >= 4 is 32.6 Å². The van der Waals surface area contributed by atoms with Crippen LogP contribution in [0.1, 0.15) is 0 Å². The number of hydrogen-bond acceptors (Lipinski definition) is 5. The number of aromatic amines is 1. The number of sulfonamides is 1. The molecule has 102 valence electrons. The van der Waals surface area contributed by atoms with Crippen LogP contribution in [0.15, 0.2) is 29.3 Å². The van der Waals surface area contributed by atoms with Crippen LogP contribution in [0.4, 0.5) is 5.69 Å². The summed E-state index contributed by atoms with van der Waals surface area (Å²) in [6.45, 7) is -0.423. The van der Waals surface area contributed by atoms with Crippen LogP contribution >= 0.6 is 0 Å². The van der Waals surface area contributed by atoms with Crippen molar-refractivity contribution in [2.24, 2.45) is 0 Å². The third-order valence-corrected chi connectivity index (χ3v) is 4.03. The second kappa shape index (κ2) is 4.90. The van der Waals surface area contributed by atoms with Gasteiger partial charge in [-0.1, -0.05) is 0 Å². The fourth-order valence-corrected chi connectivity index (χ4v) is 2.77. The molecule has 2 rings (SSSR count). The number of H-pyrrole nitrogens is 1. The predicted octanol–water partition coefficient (Wildman–Crippen LogP) is 0.201. The van der Waals surface area contributed by atoms with E-state index in [0.717, 1.165) is 0 Å². The van der Waals surface area contributed by atoms with Crippen molar-refractivity contribution < 1.29 is 17.9 Å². The van der Waals surface area contributed by atoms with E-state index in [1.807, 2.05) is 0 Å². The highest BCUT2D eigenvalue weighted by molar-refractivity contribution is 7.89. The lowest BCUT2D eigenvalue weighted by molar-refractivity contribution is -0.139. The summed E-state index contributed by atoms with van der Waals surface area (Å²) >= 11 is 0. The second-order valence-electron chi connectivity index (χ2n) is 3.86. The van der Waals surface area contributed by atoms with E-state index in [4.69, 9.17) is 5.73 Å². The molecule has 2 aromatic rings. The fourth-order valence-electron chi connectivity index (χ4n) is 1.64. The maximum Gasteiger partial charge on any atom is 0.320 e. The molecule has 0 atom stereocenters. The number of nitrogen functional groups attached to an aromatic ring is 1. The minimum Gasteiger partial charge on any atom is -0.468 e. The van der Waals surface area contributed by atoms with Crippen molar-refractivity contribution in [1.82, 2.24) is 9.71 Å². The summed E-state index contributed by atoms with van der Waals surface area (Å²) in [7, 11) is -2.62. The van der Waals surface area contributed by atoms with Gasteiger partial charge < -0.3 is 15.5 Å². The smallest absolute Gasteiger partial charge is 0.320 e. The topological polar surface area (TPSA) is 114 Å². The van der Waals surface area contributed by atoms with Gasteiger partial charge in [-0.3, -0.25) is 4.79 Å². The van der Waals surface area contributed by atoms with E-state index in [2.05, 4.69) is 14.4 Å². The molecule has 8 heteroatoms. The van der Waals surface area contributed by atoms with Gasteiger partial charge >= 0.3 is 5.97 Å². The van der Waals surface area contributed by atoms with E-state index in [1.54, 1.807) is 18.2 Å². The number of methoxy groups -OCH3 is 1. The Morgan fingerprint density at radius 2 is 2.21 bits per heavy atom. The molecule has 1 aromatic heterocycles. The standard InChI is InChI=1S/C11H13N3O4S/c1-18-11(15)6-14-19(16,17)10-5-13-9-3-2-7(12)4-8(9)10/h2-5,13-14H,6,12H2,1H3. The van der Waals surface area contributed by atoms with Crippen LogP contribution < -0.4 is 10.5 Å². The molecule has 0 spiro atoms. The van der Waals surface area contributed by atoms with Gasteiger partial charge in [0.15, 0.2) is 0 Å².